The number of carbonyl (C=O) groups excluding carboxylic acids is 1. The van der Waals surface area contributed by atoms with Crippen molar-refractivity contribution in [3.05, 3.63) is 66.6 Å². The van der Waals surface area contributed by atoms with Gasteiger partial charge >= 0.3 is 0 Å². The summed E-state index contributed by atoms with van der Waals surface area (Å²) in [6.45, 7) is 3.90. The Morgan fingerprint density at radius 1 is 1.35 bits per heavy atom. The van der Waals surface area contributed by atoms with Crippen LogP contribution in [0.1, 0.15) is 16.1 Å². The Hall–Kier alpha value is -2.82. The standard InChI is InChI=1S/C15H14N2O3/c1-2-9-20-14-8-4-3-7-13(14)15(18)17-16-11-12-6-5-10-19-12/h2-8,10-11H,1,9H2,(H,17,18)/b16-11+. The first-order chi connectivity index (χ1) is 9.81. The van der Waals surface area contributed by atoms with Gasteiger partial charge in [0.15, 0.2) is 0 Å². The summed E-state index contributed by atoms with van der Waals surface area (Å²) in [6.07, 6.45) is 4.57. The van der Waals surface area contributed by atoms with E-state index in [4.69, 9.17) is 9.15 Å². The number of ether oxygens (including phenoxy) is 1. The third-order valence-corrected chi connectivity index (χ3v) is 2.39. The number of hydrogen-bond donors (Lipinski definition) is 1. The Kier molecular flexibility index (Phi) is 4.72. The molecule has 0 unspecified atom stereocenters. The van der Waals surface area contributed by atoms with Crippen LogP contribution in [0.4, 0.5) is 0 Å². The Balaban J connectivity index is 2.03. The predicted octanol–water partition coefficient (Wildman–Crippen LogP) is 2.61. The largest absolute Gasteiger partial charge is 0.489 e. The molecule has 0 saturated carbocycles. The van der Waals surface area contributed by atoms with Gasteiger partial charge in [-0.25, -0.2) is 5.43 Å². The molecule has 2 rings (SSSR count). The number of hydrazone groups is 1. The quantitative estimate of drug-likeness (QED) is 0.498. The van der Waals surface area contributed by atoms with E-state index in [2.05, 4.69) is 17.1 Å². The molecule has 1 heterocycles. The summed E-state index contributed by atoms with van der Waals surface area (Å²) in [5.74, 6) is 0.687. The van der Waals surface area contributed by atoms with E-state index in [0.29, 0.717) is 23.7 Å². The molecule has 0 aliphatic rings. The van der Waals surface area contributed by atoms with Crippen molar-refractivity contribution >= 4 is 12.1 Å². The third kappa shape index (κ3) is 3.58. The van der Waals surface area contributed by atoms with Crippen LogP contribution < -0.4 is 10.2 Å². The molecule has 0 aliphatic carbocycles. The molecule has 0 radical (unpaired) electrons. The second kappa shape index (κ2) is 6.94. The van der Waals surface area contributed by atoms with Gasteiger partial charge in [-0.3, -0.25) is 4.79 Å². The number of rotatable bonds is 6. The number of furan rings is 1. The normalized spacial score (nSPS) is 10.4. The van der Waals surface area contributed by atoms with Crippen molar-refractivity contribution in [2.24, 2.45) is 5.10 Å². The van der Waals surface area contributed by atoms with Crippen molar-refractivity contribution in [1.29, 1.82) is 0 Å². The molecule has 0 saturated heterocycles. The lowest BCUT2D eigenvalue weighted by Gasteiger charge is -2.08. The first kappa shape index (κ1) is 13.6. The topological polar surface area (TPSA) is 63.8 Å². The second-order valence-electron chi connectivity index (χ2n) is 3.81. The highest BCUT2D eigenvalue weighted by molar-refractivity contribution is 5.97. The molecule has 102 valence electrons. The Labute approximate surface area is 116 Å². The molecule has 0 spiro atoms. The van der Waals surface area contributed by atoms with E-state index < -0.39 is 0 Å². The summed E-state index contributed by atoms with van der Waals surface area (Å²) in [6, 6.07) is 10.4. The number of nitrogens with one attached hydrogen (secondary N) is 1. The van der Waals surface area contributed by atoms with Gasteiger partial charge in [0, 0.05) is 0 Å². The molecule has 0 fully saturated rings. The van der Waals surface area contributed by atoms with Crippen molar-refractivity contribution in [3.63, 3.8) is 0 Å². The van der Waals surface area contributed by atoms with E-state index in [0.717, 1.165) is 0 Å². The van der Waals surface area contributed by atoms with Crippen LogP contribution in [0.2, 0.25) is 0 Å². The van der Waals surface area contributed by atoms with Crippen LogP contribution in [0, 0.1) is 0 Å². The lowest BCUT2D eigenvalue weighted by atomic mass is 10.2. The molecule has 1 aromatic carbocycles. The summed E-state index contributed by atoms with van der Waals surface area (Å²) < 4.78 is 10.5. The van der Waals surface area contributed by atoms with Crippen molar-refractivity contribution in [2.75, 3.05) is 6.61 Å². The highest BCUT2D eigenvalue weighted by Gasteiger charge is 2.10. The molecule has 5 heteroatoms. The molecule has 0 bridgehead atoms. The number of hydrogen-bond acceptors (Lipinski definition) is 4. The monoisotopic (exact) mass is 270 g/mol. The maximum atomic E-state index is 12.0. The van der Waals surface area contributed by atoms with E-state index in [9.17, 15) is 4.79 Å². The number of benzene rings is 1. The summed E-state index contributed by atoms with van der Waals surface area (Å²) in [4.78, 5) is 12.0. The average molecular weight is 270 g/mol. The summed E-state index contributed by atoms with van der Waals surface area (Å²) >= 11 is 0. The molecular weight excluding hydrogens is 256 g/mol. The van der Waals surface area contributed by atoms with Gasteiger partial charge in [-0.1, -0.05) is 24.8 Å². The molecule has 1 aromatic heterocycles. The van der Waals surface area contributed by atoms with Crippen LogP contribution in [0.3, 0.4) is 0 Å². The van der Waals surface area contributed by atoms with E-state index in [1.54, 1.807) is 42.5 Å². The number of para-hydroxylation sites is 1. The van der Waals surface area contributed by atoms with Gasteiger partial charge < -0.3 is 9.15 Å². The minimum Gasteiger partial charge on any atom is -0.489 e. The summed E-state index contributed by atoms with van der Waals surface area (Å²) in [5.41, 5.74) is 2.83. The number of carbonyl (C=O) groups is 1. The second-order valence-corrected chi connectivity index (χ2v) is 3.81. The minimum atomic E-state index is -0.354. The van der Waals surface area contributed by atoms with E-state index in [-0.39, 0.29) is 5.91 Å². The molecule has 2 aromatic rings. The molecule has 1 amide bonds. The molecular formula is C15H14N2O3. The van der Waals surface area contributed by atoms with Crippen molar-refractivity contribution in [1.82, 2.24) is 5.43 Å². The SMILES string of the molecule is C=CCOc1ccccc1C(=O)N/N=C/c1ccco1. The maximum absolute atomic E-state index is 12.0. The van der Waals surface area contributed by atoms with Gasteiger partial charge in [0.1, 0.15) is 18.1 Å². The maximum Gasteiger partial charge on any atom is 0.275 e. The fourth-order valence-electron chi connectivity index (χ4n) is 1.51. The zero-order chi connectivity index (χ0) is 14.2. The minimum absolute atomic E-state index is 0.333. The Bertz CT molecular complexity index is 603. The highest BCUT2D eigenvalue weighted by atomic mass is 16.5. The molecule has 5 nitrogen and oxygen atoms in total. The first-order valence-corrected chi connectivity index (χ1v) is 6.01. The van der Waals surface area contributed by atoms with E-state index in [1.807, 2.05) is 0 Å². The van der Waals surface area contributed by atoms with Gasteiger partial charge in [-0.2, -0.15) is 5.10 Å². The van der Waals surface area contributed by atoms with Gasteiger partial charge in [-0.05, 0) is 24.3 Å². The van der Waals surface area contributed by atoms with E-state index >= 15 is 0 Å². The fraction of sp³-hybridized carbons (Fsp3) is 0.0667. The molecule has 0 aliphatic heterocycles. The predicted molar refractivity (Wildman–Crippen MR) is 75.9 cm³/mol. The number of amides is 1. The summed E-state index contributed by atoms with van der Waals surface area (Å²) in [5, 5.41) is 3.82. The average Bonchev–Trinajstić information content (AvgIpc) is 2.98. The van der Waals surface area contributed by atoms with Crippen LogP contribution in [0.25, 0.3) is 0 Å². The zero-order valence-corrected chi connectivity index (χ0v) is 10.8. The first-order valence-electron chi connectivity index (χ1n) is 6.01. The lowest BCUT2D eigenvalue weighted by molar-refractivity contribution is 0.0951. The number of nitrogens with zero attached hydrogens (tertiary/aromatic N) is 1. The smallest absolute Gasteiger partial charge is 0.275 e. The van der Waals surface area contributed by atoms with Crippen molar-refractivity contribution < 1.29 is 13.9 Å². The van der Waals surface area contributed by atoms with Gasteiger partial charge in [0.25, 0.3) is 5.91 Å². The highest BCUT2D eigenvalue weighted by Crippen LogP contribution is 2.17. The molecule has 1 N–H and O–H groups in total. The Morgan fingerprint density at radius 3 is 2.95 bits per heavy atom. The molecule has 0 atom stereocenters. The van der Waals surface area contributed by atoms with Gasteiger partial charge in [-0.15, -0.1) is 0 Å². The Morgan fingerprint density at radius 2 is 2.20 bits per heavy atom. The van der Waals surface area contributed by atoms with E-state index in [1.165, 1.54) is 12.5 Å². The van der Waals surface area contributed by atoms with Crippen LogP contribution in [0.15, 0.2) is 64.8 Å². The van der Waals surface area contributed by atoms with Crippen LogP contribution >= 0.6 is 0 Å². The van der Waals surface area contributed by atoms with Crippen molar-refractivity contribution in [2.45, 2.75) is 0 Å². The summed E-state index contributed by atoms with van der Waals surface area (Å²) in [7, 11) is 0. The van der Waals surface area contributed by atoms with Crippen LogP contribution in [0.5, 0.6) is 5.75 Å². The van der Waals surface area contributed by atoms with Gasteiger partial charge in [0.05, 0.1) is 18.0 Å². The zero-order valence-electron chi connectivity index (χ0n) is 10.8. The van der Waals surface area contributed by atoms with Crippen LogP contribution in [-0.2, 0) is 0 Å². The fourth-order valence-corrected chi connectivity index (χ4v) is 1.51. The van der Waals surface area contributed by atoms with Crippen LogP contribution in [-0.4, -0.2) is 18.7 Å². The molecule has 20 heavy (non-hydrogen) atoms. The third-order valence-electron chi connectivity index (χ3n) is 2.39. The van der Waals surface area contributed by atoms with Crippen molar-refractivity contribution in [3.8, 4) is 5.75 Å². The lowest BCUT2D eigenvalue weighted by Crippen LogP contribution is -2.18. The van der Waals surface area contributed by atoms with Gasteiger partial charge in [0.2, 0.25) is 0 Å².